The molecule has 0 atom stereocenters. The zero-order valence-corrected chi connectivity index (χ0v) is 18.2. The summed E-state index contributed by atoms with van der Waals surface area (Å²) < 4.78 is 0. The topological polar surface area (TPSA) is 69.3 Å². The number of carbonyl (C=O) groups is 1. The maximum atomic E-state index is 13.2. The molecule has 164 valence electrons. The molecule has 0 saturated carbocycles. The highest BCUT2D eigenvalue weighted by molar-refractivity contribution is 5.94. The third kappa shape index (κ3) is 4.17. The predicted molar refractivity (Wildman–Crippen MR) is 125 cm³/mol. The zero-order valence-electron chi connectivity index (χ0n) is 18.2. The third-order valence-electron chi connectivity index (χ3n) is 6.62. The van der Waals surface area contributed by atoms with Gasteiger partial charge in [0.25, 0.3) is 11.5 Å². The maximum absolute atomic E-state index is 13.2. The third-order valence-corrected chi connectivity index (χ3v) is 6.62. The second kappa shape index (κ2) is 8.99. The van der Waals surface area contributed by atoms with Crippen LogP contribution in [0.3, 0.4) is 0 Å². The lowest BCUT2D eigenvalue weighted by atomic mass is 9.90. The molecule has 2 aromatic carbocycles. The molecule has 1 fully saturated rings. The van der Waals surface area contributed by atoms with E-state index in [0.717, 1.165) is 61.2 Å². The summed E-state index contributed by atoms with van der Waals surface area (Å²) in [6.45, 7) is 3.10. The Kier molecular flexibility index (Phi) is 5.75. The van der Waals surface area contributed by atoms with Gasteiger partial charge < -0.3 is 9.80 Å². The molecule has 2 aliphatic rings. The summed E-state index contributed by atoms with van der Waals surface area (Å²) >= 11 is 0. The Morgan fingerprint density at radius 2 is 1.66 bits per heavy atom. The Hall–Kier alpha value is -3.41. The van der Waals surface area contributed by atoms with Crippen molar-refractivity contribution in [2.45, 2.75) is 32.1 Å². The number of para-hydroxylation sites is 1. The van der Waals surface area contributed by atoms with Crippen LogP contribution in [0.2, 0.25) is 0 Å². The summed E-state index contributed by atoms with van der Waals surface area (Å²) in [4.78, 5) is 29.6. The number of hydrogen-bond donors (Lipinski definition) is 1. The molecule has 1 aromatic heterocycles. The van der Waals surface area contributed by atoms with Crippen LogP contribution in [0.5, 0.6) is 0 Å². The summed E-state index contributed by atoms with van der Waals surface area (Å²) in [6.07, 6.45) is 4.52. The number of piperazine rings is 1. The maximum Gasteiger partial charge on any atom is 0.267 e. The summed E-state index contributed by atoms with van der Waals surface area (Å²) in [5.74, 6) is 0.0796. The Labute approximate surface area is 187 Å². The standard InChI is InChI=1S/C26H28N4O2/c31-25-23-12-5-4-11-22(23)24(27-28-25)18-19-7-6-8-20(17-19)26(32)30-15-13-29(14-16-30)21-9-2-1-3-10-21/h1-3,6-10,17H,4-5,11-16,18H2,(H,28,31). The van der Waals surface area contributed by atoms with Gasteiger partial charge in [-0.15, -0.1) is 0 Å². The van der Waals surface area contributed by atoms with Crippen LogP contribution in [-0.4, -0.2) is 47.2 Å². The normalized spacial score (nSPS) is 16.0. The average Bonchev–Trinajstić information content (AvgIpc) is 2.86. The molecule has 0 unspecified atom stereocenters. The predicted octanol–water partition coefficient (Wildman–Crippen LogP) is 3.20. The lowest BCUT2D eigenvalue weighted by Gasteiger charge is -2.36. The number of H-pyrrole nitrogens is 1. The van der Waals surface area contributed by atoms with Crippen molar-refractivity contribution in [3.05, 3.63) is 92.9 Å². The van der Waals surface area contributed by atoms with E-state index in [-0.39, 0.29) is 11.5 Å². The van der Waals surface area contributed by atoms with Crippen molar-refractivity contribution < 1.29 is 4.79 Å². The van der Waals surface area contributed by atoms with Crippen molar-refractivity contribution in [1.29, 1.82) is 0 Å². The fraction of sp³-hybridized carbons (Fsp3) is 0.346. The molecule has 3 aromatic rings. The Morgan fingerprint density at radius 1 is 0.906 bits per heavy atom. The van der Waals surface area contributed by atoms with Crippen molar-refractivity contribution in [2.24, 2.45) is 0 Å². The van der Waals surface area contributed by atoms with Crippen molar-refractivity contribution in [3.63, 3.8) is 0 Å². The molecule has 1 amide bonds. The molecule has 1 aliphatic carbocycles. The molecule has 5 rings (SSSR count). The molecule has 0 spiro atoms. The molecular formula is C26H28N4O2. The van der Waals surface area contributed by atoms with Crippen molar-refractivity contribution >= 4 is 11.6 Å². The van der Waals surface area contributed by atoms with Gasteiger partial charge in [0.2, 0.25) is 0 Å². The van der Waals surface area contributed by atoms with E-state index >= 15 is 0 Å². The van der Waals surface area contributed by atoms with Gasteiger partial charge in [-0.1, -0.05) is 30.3 Å². The highest BCUT2D eigenvalue weighted by Gasteiger charge is 2.23. The quantitative estimate of drug-likeness (QED) is 0.693. The second-order valence-electron chi connectivity index (χ2n) is 8.66. The average molecular weight is 429 g/mol. The number of nitrogens with one attached hydrogen (secondary N) is 1. The first kappa shape index (κ1) is 20.5. The monoisotopic (exact) mass is 428 g/mol. The molecule has 2 heterocycles. The van der Waals surface area contributed by atoms with E-state index in [1.165, 1.54) is 5.69 Å². The first-order valence-electron chi connectivity index (χ1n) is 11.5. The lowest BCUT2D eigenvalue weighted by Crippen LogP contribution is -2.48. The Balaban J connectivity index is 1.29. The number of amides is 1. The second-order valence-corrected chi connectivity index (χ2v) is 8.66. The molecule has 1 N–H and O–H groups in total. The van der Waals surface area contributed by atoms with Crippen LogP contribution in [0.25, 0.3) is 0 Å². The fourth-order valence-corrected chi connectivity index (χ4v) is 4.87. The van der Waals surface area contributed by atoms with Gasteiger partial charge in [0, 0.05) is 49.4 Å². The number of anilines is 1. The minimum atomic E-state index is -0.0537. The van der Waals surface area contributed by atoms with Crippen molar-refractivity contribution in [2.75, 3.05) is 31.1 Å². The molecule has 6 nitrogen and oxygen atoms in total. The van der Waals surface area contributed by atoms with Crippen LogP contribution >= 0.6 is 0 Å². The van der Waals surface area contributed by atoms with Crippen LogP contribution in [0.4, 0.5) is 5.69 Å². The van der Waals surface area contributed by atoms with E-state index in [1.54, 1.807) is 0 Å². The minimum absolute atomic E-state index is 0.0537. The van der Waals surface area contributed by atoms with Gasteiger partial charge in [-0.25, -0.2) is 5.10 Å². The molecule has 0 bridgehead atoms. The molecule has 1 saturated heterocycles. The summed E-state index contributed by atoms with van der Waals surface area (Å²) in [5, 5.41) is 7.02. The van der Waals surface area contributed by atoms with Gasteiger partial charge in [-0.3, -0.25) is 9.59 Å². The Bertz CT molecular complexity index is 1160. The number of aromatic nitrogens is 2. The van der Waals surface area contributed by atoms with E-state index in [0.29, 0.717) is 25.1 Å². The Morgan fingerprint density at radius 3 is 2.44 bits per heavy atom. The summed E-state index contributed by atoms with van der Waals surface area (Å²) in [7, 11) is 0. The fourth-order valence-electron chi connectivity index (χ4n) is 4.87. The van der Waals surface area contributed by atoms with Crippen LogP contribution in [0.15, 0.2) is 59.4 Å². The number of fused-ring (bicyclic) bond motifs is 1. The van der Waals surface area contributed by atoms with Crippen molar-refractivity contribution in [3.8, 4) is 0 Å². The van der Waals surface area contributed by atoms with Crippen LogP contribution in [-0.2, 0) is 19.3 Å². The summed E-state index contributed by atoms with van der Waals surface area (Å²) in [5.41, 5.74) is 5.85. The number of carbonyl (C=O) groups excluding carboxylic acids is 1. The number of rotatable bonds is 4. The van der Waals surface area contributed by atoms with E-state index in [9.17, 15) is 9.59 Å². The van der Waals surface area contributed by atoms with Gasteiger partial charge in [-0.05, 0) is 61.1 Å². The van der Waals surface area contributed by atoms with E-state index < -0.39 is 0 Å². The largest absolute Gasteiger partial charge is 0.368 e. The van der Waals surface area contributed by atoms with Gasteiger partial charge in [0.1, 0.15) is 0 Å². The zero-order chi connectivity index (χ0) is 21.9. The van der Waals surface area contributed by atoms with Crippen LogP contribution < -0.4 is 10.5 Å². The first-order chi connectivity index (χ1) is 15.7. The lowest BCUT2D eigenvalue weighted by molar-refractivity contribution is 0.0746. The first-order valence-corrected chi connectivity index (χ1v) is 11.5. The van der Waals surface area contributed by atoms with E-state index in [1.807, 2.05) is 47.4 Å². The number of hydrogen-bond acceptors (Lipinski definition) is 4. The molecule has 6 heteroatoms. The number of aromatic amines is 1. The van der Waals surface area contributed by atoms with Crippen molar-refractivity contribution in [1.82, 2.24) is 15.1 Å². The number of nitrogens with zero attached hydrogens (tertiary/aromatic N) is 3. The molecule has 0 radical (unpaired) electrons. The van der Waals surface area contributed by atoms with Gasteiger partial charge in [-0.2, -0.15) is 5.10 Å². The van der Waals surface area contributed by atoms with Gasteiger partial charge >= 0.3 is 0 Å². The van der Waals surface area contributed by atoms with Gasteiger partial charge in [0.15, 0.2) is 0 Å². The minimum Gasteiger partial charge on any atom is -0.368 e. The highest BCUT2D eigenvalue weighted by Crippen LogP contribution is 2.23. The van der Waals surface area contributed by atoms with E-state index in [4.69, 9.17) is 0 Å². The molecular weight excluding hydrogens is 400 g/mol. The smallest absolute Gasteiger partial charge is 0.267 e. The van der Waals surface area contributed by atoms with Crippen LogP contribution in [0, 0.1) is 0 Å². The summed E-state index contributed by atoms with van der Waals surface area (Å²) in [6, 6.07) is 18.2. The molecule has 32 heavy (non-hydrogen) atoms. The highest BCUT2D eigenvalue weighted by atomic mass is 16.2. The van der Waals surface area contributed by atoms with E-state index in [2.05, 4.69) is 27.2 Å². The number of benzene rings is 2. The molecule has 1 aliphatic heterocycles. The van der Waals surface area contributed by atoms with Gasteiger partial charge in [0.05, 0.1) is 5.69 Å². The SMILES string of the molecule is O=C(c1cccc(Cc2n[nH]c(=O)c3c2CCCC3)c1)N1CCN(c2ccccc2)CC1. The van der Waals surface area contributed by atoms with Crippen LogP contribution in [0.1, 0.15) is 45.6 Å².